The van der Waals surface area contributed by atoms with Crippen molar-refractivity contribution in [2.45, 2.75) is 18.6 Å². The Balaban J connectivity index is 2.89. The molecule has 2 N–H and O–H groups in total. The lowest BCUT2D eigenvalue weighted by atomic mass is 10.1. The summed E-state index contributed by atoms with van der Waals surface area (Å²) in [6.07, 6.45) is 0.0367. The van der Waals surface area contributed by atoms with Crippen molar-refractivity contribution >= 4 is 15.8 Å². The van der Waals surface area contributed by atoms with Crippen molar-refractivity contribution in [1.82, 2.24) is 0 Å². The van der Waals surface area contributed by atoms with E-state index in [-0.39, 0.29) is 12.2 Å². The molecule has 1 aliphatic carbocycles. The van der Waals surface area contributed by atoms with Crippen LogP contribution in [0, 0.1) is 5.41 Å². The van der Waals surface area contributed by atoms with Crippen LogP contribution in [0.25, 0.3) is 0 Å². The van der Waals surface area contributed by atoms with E-state index >= 15 is 0 Å². The summed E-state index contributed by atoms with van der Waals surface area (Å²) in [4.78, 5) is 10.7. The number of carbonyl (C=O) groups is 1. The SMILES string of the molecule is CCS(=O)(=O)C1CC1(CO)C(=O)O. The molecule has 0 aliphatic heterocycles. The molecule has 1 fully saturated rings. The van der Waals surface area contributed by atoms with Gasteiger partial charge in [0, 0.05) is 5.75 Å². The van der Waals surface area contributed by atoms with Gasteiger partial charge in [-0.25, -0.2) is 8.42 Å². The molecule has 0 spiro atoms. The summed E-state index contributed by atoms with van der Waals surface area (Å²) in [5.74, 6) is -1.30. The van der Waals surface area contributed by atoms with Gasteiger partial charge in [0.25, 0.3) is 0 Å². The minimum atomic E-state index is -3.33. The third-order valence-corrected chi connectivity index (χ3v) is 4.84. The van der Waals surface area contributed by atoms with Crippen LogP contribution in [0.3, 0.4) is 0 Å². The Kier molecular flexibility index (Phi) is 2.38. The highest BCUT2D eigenvalue weighted by Crippen LogP contribution is 2.50. The van der Waals surface area contributed by atoms with Crippen LogP contribution in [0.15, 0.2) is 0 Å². The first kappa shape index (κ1) is 10.5. The summed E-state index contributed by atoms with van der Waals surface area (Å²) in [5.41, 5.74) is -1.42. The van der Waals surface area contributed by atoms with Crippen LogP contribution >= 0.6 is 0 Å². The average molecular weight is 208 g/mol. The predicted molar refractivity (Wildman–Crippen MR) is 45.0 cm³/mol. The number of carboxylic acids is 1. The minimum Gasteiger partial charge on any atom is -0.481 e. The van der Waals surface area contributed by atoms with Gasteiger partial charge >= 0.3 is 5.97 Å². The minimum absolute atomic E-state index is 0.0367. The molecule has 0 saturated heterocycles. The normalized spacial score (nSPS) is 32.9. The molecule has 5 nitrogen and oxygen atoms in total. The fourth-order valence-corrected chi connectivity index (χ4v) is 3.22. The Hall–Kier alpha value is -0.620. The van der Waals surface area contributed by atoms with E-state index in [1.807, 2.05) is 0 Å². The number of aliphatic carboxylic acids is 1. The highest BCUT2D eigenvalue weighted by molar-refractivity contribution is 7.92. The Morgan fingerprint density at radius 2 is 2.15 bits per heavy atom. The molecule has 0 amide bonds. The maximum atomic E-state index is 11.3. The van der Waals surface area contributed by atoms with Crippen molar-refractivity contribution in [3.05, 3.63) is 0 Å². The molecule has 0 aromatic carbocycles. The maximum absolute atomic E-state index is 11.3. The first-order valence-corrected chi connectivity index (χ1v) is 5.68. The van der Waals surface area contributed by atoms with Crippen LogP contribution in [-0.4, -0.2) is 42.2 Å². The standard InChI is InChI=1S/C7H12O5S/c1-2-13(11,12)5-3-7(5,4-8)6(9)10/h5,8H,2-4H2,1H3,(H,9,10). The van der Waals surface area contributed by atoms with Gasteiger partial charge in [-0.2, -0.15) is 0 Å². The largest absolute Gasteiger partial charge is 0.481 e. The molecule has 1 rings (SSSR count). The smallest absolute Gasteiger partial charge is 0.313 e. The number of aliphatic hydroxyl groups is 1. The van der Waals surface area contributed by atoms with Gasteiger partial charge in [-0.1, -0.05) is 6.92 Å². The van der Waals surface area contributed by atoms with E-state index in [1.165, 1.54) is 6.92 Å². The van der Waals surface area contributed by atoms with Crippen LogP contribution < -0.4 is 0 Å². The van der Waals surface area contributed by atoms with E-state index in [1.54, 1.807) is 0 Å². The molecule has 6 heteroatoms. The Morgan fingerprint density at radius 3 is 2.38 bits per heavy atom. The molecule has 0 heterocycles. The third kappa shape index (κ3) is 1.44. The van der Waals surface area contributed by atoms with E-state index in [2.05, 4.69) is 0 Å². The lowest BCUT2D eigenvalue weighted by Gasteiger charge is -2.07. The molecule has 1 aliphatic rings. The number of hydrogen-bond acceptors (Lipinski definition) is 4. The molecule has 1 saturated carbocycles. The second-order valence-corrected chi connectivity index (χ2v) is 5.74. The topological polar surface area (TPSA) is 91.7 Å². The van der Waals surface area contributed by atoms with E-state index in [4.69, 9.17) is 10.2 Å². The number of carboxylic acid groups (broad SMARTS) is 1. The lowest BCUT2D eigenvalue weighted by Crippen LogP contribution is -2.28. The molecule has 76 valence electrons. The van der Waals surface area contributed by atoms with Crippen molar-refractivity contribution in [1.29, 1.82) is 0 Å². The molecule has 0 radical (unpaired) electrons. The summed E-state index contributed by atoms with van der Waals surface area (Å²) in [7, 11) is -3.33. The fraction of sp³-hybridized carbons (Fsp3) is 0.857. The van der Waals surface area contributed by atoms with Gasteiger partial charge in [-0.05, 0) is 6.42 Å². The second-order valence-electron chi connectivity index (χ2n) is 3.26. The molecular weight excluding hydrogens is 196 g/mol. The highest BCUT2D eigenvalue weighted by Gasteiger charge is 2.65. The van der Waals surface area contributed by atoms with Crippen molar-refractivity contribution in [3.8, 4) is 0 Å². The summed E-state index contributed by atoms with van der Waals surface area (Å²) in [6.45, 7) is 0.865. The average Bonchev–Trinajstić information content (AvgIpc) is 2.80. The Labute approximate surface area is 76.3 Å². The summed E-state index contributed by atoms with van der Waals surface area (Å²) < 4.78 is 22.5. The summed E-state index contributed by atoms with van der Waals surface area (Å²) >= 11 is 0. The lowest BCUT2D eigenvalue weighted by molar-refractivity contribution is -0.144. The van der Waals surface area contributed by atoms with Crippen LogP contribution in [0.2, 0.25) is 0 Å². The van der Waals surface area contributed by atoms with E-state index < -0.39 is 33.1 Å². The zero-order valence-electron chi connectivity index (χ0n) is 7.23. The zero-order chi connectivity index (χ0) is 10.3. The number of rotatable bonds is 4. The third-order valence-electron chi connectivity index (χ3n) is 2.55. The highest BCUT2D eigenvalue weighted by atomic mass is 32.2. The number of aliphatic hydroxyl groups excluding tert-OH is 1. The van der Waals surface area contributed by atoms with Crippen molar-refractivity contribution in [2.75, 3.05) is 12.4 Å². The van der Waals surface area contributed by atoms with E-state index in [0.717, 1.165) is 0 Å². The quantitative estimate of drug-likeness (QED) is 0.634. The summed E-state index contributed by atoms with van der Waals surface area (Å²) in [6, 6.07) is 0. The van der Waals surface area contributed by atoms with Gasteiger partial charge in [0.05, 0.1) is 11.9 Å². The maximum Gasteiger partial charge on any atom is 0.313 e. The van der Waals surface area contributed by atoms with Crippen molar-refractivity contribution in [2.24, 2.45) is 5.41 Å². The van der Waals surface area contributed by atoms with Gasteiger partial charge < -0.3 is 10.2 Å². The van der Waals surface area contributed by atoms with Crippen molar-refractivity contribution < 1.29 is 23.4 Å². The fourth-order valence-electron chi connectivity index (χ4n) is 1.40. The first-order chi connectivity index (χ1) is 5.90. The van der Waals surface area contributed by atoms with Crippen molar-refractivity contribution in [3.63, 3.8) is 0 Å². The molecule has 0 aromatic heterocycles. The monoisotopic (exact) mass is 208 g/mol. The molecule has 13 heavy (non-hydrogen) atoms. The molecule has 0 aromatic rings. The summed E-state index contributed by atoms with van der Waals surface area (Å²) in [5, 5.41) is 16.6. The zero-order valence-corrected chi connectivity index (χ0v) is 8.04. The Morgan fingerprint density at radius 1 is 1.62 bits per heavy atom. The van der Waals surface area contributed by atoms with Crippen LogP contribution in [0.5, 0.6) is 0 Å². The van der Waals surface area contributed by atoms with Crippen LogP contribution in [0.4, 0.5) is 0 Å². The Bertz CT molecular complexity index is 320. The first-order valence-electron chi connectivity index (χ1n) is 3.96. The van der Waals surface area contributed by atoms with Crippen LogP contribution in [-0.2, 0) is 14.6 Å². The van der Waals surface area contributed by atoms with Gasteiger partial charge in [0.1, 0.15) is 5.41 Å². The molecule has 2 atom stereocenters. The number of sulfone groups is 1. The van der Waals surface area contributed by atoms with Gasteiger partial charge in [0.2, 0.25) is 0 Å². The van der Waals surface area contributed by atoms with Gasteiger partial charge in [0.15, 0.2) is 9.84 Å². The molecule has 0 bridgehead atoms. The van der Waals surface area contributed by atoms with E-state index in [9.17, 15) is 13.2 Å². The molecular formula is C7H12O5S. The molecule has 2 unspecified atom stereocenters. The van der Waals surface area contributed by atoms with Crippen LogP contribution in [0.1, 0.15) is 13.3 Å². The van der Waals surface area contributed by atoms with Gasteiger partial charge in [-0.15, -0.1) is 0 Å². The van der Waals surface area contributed by atoms with E-state index in [0.29, 0.717) is 0 Å². The predicted octanol–water partition coefficient (Wildman–Crippen LogP) is -0.743. The van der Waals surface area contributed by atoms with Gasteiger partial charge in [-0.3, -0.25) is 4.79 Å². The number of hydrogen-bond donors (Lipinski definition) is 2. The second kappa shape index (κ2) is 2.95.